The lowest BCUT2D eigenvalue weighted by Crippen LogP contribution is -2.57. The number of carbonyl (C=O) groups is 4. The van der Waals surface area contributed by atoms with E-state index in [1.165, 1.54) is 15.3 Å². The van der Waals surface area contributed by atoms with Crippen molar-refractivity contribution >= 4 is 74.6 Å². The number of hydrogen-bond donors (Lipinski definition) is 4. The van der Waals surface area contributed by atoms with E-state index in [0.717, 1.165) is 43.4 Å². The lowest BCUT2D eigenvalue weighted by Gasteiger charge is -2.35. The smallest absolute Gasteiger partial charge is 0.287 e. The summed E-state index contributed by atoms with van der Waals surface area (Å²) in [4.78, 5) is 64.7. The molecule has 4 N–H and O–H groups in total. The molecule has 0 radical (unpaired) electrons. The molecule has 18 heteroatoms. The first-order valence-corrected chi connectivity index (χ1v) is 26.4. The molecular weight excluding hydrogens is 984 g/mol. The van der Waals surface area contributed by atoms with Crippen LogP contribution in [-0.2, 0) is 14.4 Å². The topological polar surface area (TPSA) is 193 Å². The number of halogens is 1. The van der Waals surface area contributed by atoms with Crippen LogP contribution in [0.25, 0.3) is 26.4 Å². The maximum atomic E-state index is 14.4. The van der Waals surface area contributed by atoms with Crippen molar-refractivity contribution in [1.82, 2.24) is 35.6 Å². The fraction of sp³-hybridized carbons (Fsp3) is 0.364. The van der Waals surface area contributed by atoms with E-state index >= 15 is 0 Å². The van der Waals surface area contributed by atoms with Crippen LogP contribution in [0.1, 0.15) is 114 Å². The lowest BCUT2D eigenvalue weighted by molar-refractivity contribution is -0.142. The summed E-state index contributed by atoms with van der Waals surface area (Å²) in [6, 6.07) is 21.4. The van der Waals surface area contributed by atoms with Gasteiger partial charge in [0, 0.05) is 44.3 Å². The summed E-state index contributed by atoms with van der Waals surface area (Å²) in [6.45, 7) is 17.5. The van der Waals surface area contributed by atoms with Crippen LogP contribution in [0, 0.1) is 33.1 Å². The second-order valence-corrected chi connectivity index (χ2v) is 22.7. The van der Waals surface area contributed by atoms with Crippen LogP contribution in [0.5, 0.6) is 5.75 Å². The molecule has 0 aliphatic carbocycles. The van der Waals surface area contributed by atoms with Crippen molar-refractivity contribution in [3.05, 3.63) is 139 Å². The molecule has 2 aliphatic heterocycles. The maximum Gasteiger partial charge on any atom is 0.287 e. The van der Waals surface area contributed by atoms with Crippen LogP contribution in [0.4, 0.5) is 0 Å². The van der Waals surface area contributed by atoms with E-state index in [1.54, 1.807) is 46.9 Å². The minimum Gasteiger partial charge on any atom is -0.489 e. The standard InChI is InChI=1S/C55H59ClN8O7S2/c1-28-20-21-72-48(28)36-12-10-34(11-13-36)31(4)58-51(67)42-24-39(65)27-63(42)53(69)49(55(7,8)9)60-52(68)44-23-37-22-40(18-19-43(37)71-44)70-29(2)26-57-45(66)25-41-50-62-61-33(6)64(50)54-46(30(3)32(5)73-54)47(59-41)35-14-16-38(56)17-15-35/h10-23,29,31,39,41-42,49,65H,24-27H2,1-9H3,(H,57,66)(H,58,67)(H,60,68)/t29-,31-,39+,41-,42-,49+/m0/s1. The Morgan fingerprint density at radius 1 is 0.932 bits per heavy atom. The van der Waals surface area contributed by atoms with Gasteiger partial charge >= 0.3 is 0 Å². The van der Waals surface area contributed by atoms with Gasteiger partial charge in [-0.05, 0) is 117 Å². The zero-order valence-electron chi connectivity index (χ0n) is 42.2. The lowest BCUT2D eigenvalue weighted by atomic mass is 9.85. The number of thiophene rings is 2. The van der Waals surface area contributed by atoms with Crippen molar-refractivity contribution in [2.45, 2.75) is 112 Å². The van der Waals surface area contributed by atoms with E-state index in [4.69, 9.17) is 25.7 Å². The molecule has 2 aliphatic rings. The molecule has 1 saturated heterocycles. The van der Waals surface area contributed by atoms with Crippen LogP contribution >= 0.6 is 34.3 Å². The number of nitrogens with one attached hydrogen (secondary N) is 3. The van der Waals surface area contributed by atoms with E-state index in [-0.39, 0.29) is 49.5 Å². The number of aryl methyl sites for hydroxylation is 3. The zero-order valence-corrected chi connectivity index (χ0v) is 44.6. The predicted octanol–water partition coefficient (Wildman–Crippen LogP) is 9.54. The number of aliphatic hydroxyl groups excluding tert-OH is 1. The number of β-amino-alcohol motifs (C(OH)–C–C–N with tert-alkyl or cyclic N) is 1. The third kappa shape index (κ3) is 10.7. The number of furan rings is 1. The summed E-state index contributed by atoms with van der Waals surface area (Å²) in [7, 11) is 0. The SMILES string of the molecule is Cc1ccsc1-c1ccc([C@H](C)NC(=O)[C@@H]2C[C@@H](O)CN2C(=O)[C@@H](NC(=O)c2cc3cc(O[C@@H](C)CNC(=O)C[C@@H]4N=C(c5ccc(Cl)cc5)c5c(sc(C)c5C)-n5c(C)nnc54)ccc3o2)C(C)(C)C)cc1. The van der Waals surface area contributed by atoms with Crippen molar-refractivity contribution in [3.63, 3.8) is 0 Å². The fourth-order valence-corrected chi connectivity index (χ4v) is 11.7. The summed E-state index contributed by atoms with van der Waals surface area (Å²) in [5, 5.41) is 32.8. The normalized spacial score (nSPS) is 17.8. The largest absolute Gasteiger partial charge is 0.489 e. The molecule has 0 unspecified atom stereocenters. The third-order valence-electron chi connectivity index (χ3n) is 13.5. The Bertz CT molecular complexity index is 3260. The second-order valence-electron chi connectivity index (χ2n) is 20.1. The fourth-order valence-electron chi connectivity index (χ4n) is 9.43. The van der Waals surface area contributed by atoms with Crippen LogP contribution in [0.2, 0.25) is 5.02 Å². The predicted molar refractivity (Wildman–Crippen MR) is 285 cm³/mol. The van der Waals surface area contributed by atoms with Crippen molar-refractivity contribution < 1.29 is 33.4 Å². The number of carbonyl (C=O) groups excluding carboxylic acids is 4. The Morgan fingerprint density at radius 3 is 2.36 bits per heavy atom. The highest BCUT2D eigenvalue weighted by atomic mass is 35.5. The molecule has 0 saturated carbocycles. The Kier molecular flexibility index (Phi) is 14.5. The van der Waals surface area contributed by atoms with Gasteiger partial charge in [0.25, 0.3) is 5.91 Å². The second kappa shape index (κ2) is 20.7. The number of benzene rings is 3. The van der Waals surface area contributed by atoms with Crippen LogP contribution in [0.15, 0.2) is 93.7 Å². The minimum atomic E-state index is -1.07. The maximum absolute atomic E-state index is 14.4. The Balaban J connectivity index is 0.828. The Labute approximate surface area is 437 Å². The van der Waals surface area contributed by atoms with E-state index in [0.29, 0.717) is 33.4 Å². The first-order valence-electron chi connectivity index (χ1n) is 24.3. The van der Waals surface area contributed by atoms with E-state index < -0.39 is 47.6 Å². The zero-order chi connectivity index (χ0) is 52.0. The van der Waals surface area contributed by atoms with Crippen LogP contribution in [-0.4, -0.2) is 91.5 Å². The van der Waals surface area contributed by atoms with Gasteiger partial charge in [0.05, 0.1) is 30.8 Å². The van der Waals surface area contributed by atoms with E-state index in [1.807, 2.05) is 94.6 Å². The van der Waals surface area contributed by atoms with Gasteiger partial charge in [-0.25, -0.2) is 0 Å². The van der Waals surface area contributed by atoms with Gasteiger partial charge in [-0.1, -0.05) is 68.8 Å². The van der Waals surface area contributed by atoms with Gasteiger partial charge in [0.2, 0.25) is 17.7 Å². The first kappa shape index (κ1) is 51.2. The molecular formula is C55H59ClN8O7S2. The molecule has 0 spiro atoms. The highest BCUT2D eigenvalue weighted by molar-refractivity contribution is 7.15. The van der Waals surface area contributed by atoms with Gasteiger partial charge in [-0.3, -0.25) is 28.7 Å². The number of ether oxygens (including phenoxy) is 1. The molecule has 6 heterocycles. The molecule has 1 fully saturated rings. The van der Waals surface area contributed by atoms with Gasteiger partial charge in [0.1, 0.15) is 46.4 Å². The van der Waals surface area contributed by atoms with Crippen LogP contribution < -0.4 is 20.7 Å². The summed E-state index contributed by atoms with van der Waals surface area (Å²) < 4.78 is 14.2. The number of likely N-dealkylation sites (tertiary alicyclic amines) is 1. The number of nitrogens with zero attached hydrogens (tertiary/aromatic N) is 5. The molecule has 0 bridgehead atoms. The number of rotatable bonds is 14. The molecule has 4 amide bonds. The molecule has 6 atom stereocenters. The summed E-state index contributed by atoms with van der Waals surface area (Å²) in [5.74, 6) is 0.0125. The number of hydrogen-bond acceptors (Lipinski definition) is 12. The molecule has 7 aromatic rings. The van der Waals surface area contributed by atoms with Gasteiger partial charge < -0.3 is 35.1 Å². The molecule has 3 aromatic carbocycles. The monoisotopic (exact) mass is 1040 g/mol. The highest BCUT2D eigenvalue weighted by Crippen LogP contribution is 2.40. The van der Waals surface area contributed by atoms with Crippen molar-refractivity contribution in [3.8, 4) is 21.2 Å². The van der Waals surface area contributed by atoms with Crippen molar-refractivity contribution in [2.75, 3.05) is 13.1 Å². The number of aliphatic imine (C=N–C) groups is 1. The molecule has 73 heavy (non-hydrogen) atoms. The van der Waals surface area contributed by atoms with Gasteiger partial charge in [-0.2, -0.15) is 0 Å². The Morgan fingerprint density at radius 2 is 1.66 bits per heavy atom. The number of amides is 4. The van der Waals surface area contributed by atoms with Crippen molar-refractivity contribution in [2.24, 2.45) is 10.4 Å². The molecule has 9 rings (SSSR count). The average Bonchev–Trinajstić information content (AvgIpc) is 4.19. The number of aliphatic hydroxyl groups is 1. The molecule has 380 valence electrons. The Hall–Kier alpha value is -6.66. The summed E-state index contributed by atoms with van der Waals surface area (Å²) >= 11 is 9.59. The molecule has 4 aromatic heterocycles. The summed E-state index contributed by atoms with van der Waals surface area (Å²) in [6.07, 6.45) is -1.29. The number of aromatic nitrogens is 3. The van der Waals surface area contributed by atoms with E-state index in [2.05, 4.69) is 58.4 Å². The summed E-state index contributed by atoms with van der Waals surface area (Å²) in [5.41, 5.74) is 6.56. The average molecular weight is 1040 g/mol. The quantitative estimate of drug-likeness (QED) is 0.0821. The highest BCUT2D eigenvalue weighted by Gasteiger charge is 2.45. The number of fused-ring (bicyclic) bond motifs is 4. The van der Waals surface area contributed by atoms with E-state index in [9.17, 15) is 24.3 Å². The van der Waals surface area contributed by atoms with Gasteiger partial charge in [0.15, 0.2) is 11.6 Å². The first-order chi connectivity index (χ1) is 34.7. The minimum absolute atomic E-state index is 0.0177. The molecule has 15 nitrogen and oxygen atoms in total. The van der Waals surface area contributed by atoms with Gasteiger partial charge in [-0.15, -0.1) is 32.9 Å². The third-order valence-corrected chi connectivity index (χ3v) is 16.0. The van der Waals surface area contributed by atoms with Crippen LogP contribution in [0.3, 0.4) is 0 Å². The van der Waals surface area contributed by atoms with Crippen molar-refractivity contribution in [1.29, 1.82) is 0 Å².